The SMILES string of the molecule is C[C@H](C(=O)Nc1ccc(OCc2ccccc2)cc1)N1CCN(c2ccccc2)CC1. The van der Waals surface area contributed by atoms with Gasteiger partial charge in [0.2, 0.25) is 5.91 Å². The lowest BCUT2D eigenvalue weighted by Gasteiger charge is -2.38. The fourth-order valence-electron chi connectivity index (χ4n) is 3.79. The van der Waals surface area contributed by atoms with Crippen LogP contribution in [0.3, 0.4) is 0 Å². The molecule has 1 amide bonds. The standard InChI is InChI=1S/C26H29N3O2/c1-21(28-16-18-29(19-17-28)24-10-6-3-7-11-24)26(30)27-23-12-14-25(15-13-23)31-20-22-8-4-2-5-9-22/h2-15,21H,16-20H2,1H3,(H,27,30)/t21-/m1/s1. The number of rotatable bonds is 7. The van der Waals surface area contributed by atoms with Gasteiger partial charge in [0.05, 0.1) is 6.04 Å². The lowest BCUT2D eigenvalue weighted by atomic mass is 10.2. The Morgan fingerprint density at radius 1 is 0.871 bits per heavy atom. The molecule has 1 aliphatic rings. The first-order valence-corrected chi connectivity index (χ1v) is 10.8. The van der Waals surface area contributed by atoms with Crippen molar-refractivity contribution in [2.45, 2.75) is 19.6 Å². The molecular formula is C26H29N3O2. The van der Waals surface area contributed by atoms with Crippen molar-refractivity contribution in [2.24, 2.45) is 0 Å². The van der Waals surface area contributed by atoms with Crippen LogP contribution in [0.25, 0.3) is 0 Å². The van der Waals surface area contributed by atoms with Gasteiger partial charge in [-0.2, -0.15) is 0 Å². The zero-order valence-electron chi connectivity index (χ0n) is 17.9. The molecule has 0 bridgehead atoms. The van der Waals surface area contributed by atoms with E-state index in [2.05, 4.69) is 39.4 Å². The highest BCUT2D eigenvalue weighted by Crippen LogP contribution is 2.19. The topological polar surface area (TPSA) is 44.8 Å². The molecule has 1 aliphatic heterocycles. The third-order valence-corrected chi connectivity index (χ3v) is 5.73. The predicted octanol–water partition coefficient (Wildman–Crippen LogP) is 4.41. The van der Waals surface area contributed by atoms with E-state index in [-0.39, 0.29) is 11.9 Å². The van der Waals surface area contributed by atoms with Crippen LogP contribution in [-0.2, 0) is 11.4 Å². The van der Waals surface area contributed by atoms with Crippen molar-refractivity contribution in [3.63, 3.8) is 0 Å². The summed E-state index contributed by atoms with van der Waals surface area (Å²) in [6, 6.07) is 27.9. The normalized spacial score (nSPS) is 15.3. The van der Waals surface area contributed by atoms with Crippen molar-refractivity contribution in [2.75, 3.05) is 36.4 Å². The number of hydrogen-bond donors (Lipinski definition) is 1. The highest BCUT2D eigenvalue weighted by atomic mass is 16.5. The maximum atomic E-state index is 12.8. The monoisotopic (exact) mass is 415 g/mol. The Hall–Kier alpha value is -3.31. The number of benzene rings is 3. The third kappa shape index (κ3) is 5.64. The van der Waals surface area contributed by atoms with Gasteiger partial charge in [-0.15, -0.1) is 0 Å². The molecular weight excluding hydrogens is 386 g/mol. The summed E-state index contributed by atoms with van der Waals surface area (Å²) in [5.41, 5.74) is 3.15. The number of carbonyl (C=O) groups is 1. The summed E-state index contributed by atoms with van der Waals surface area (Å²) in [4.78, 5) is 17.4. The van der Waals surface area contributed by atoms with Gasteiger partial charge in [-0.3, -0.25) is 9.69 Å². The van der Waals surface area contributed by atoms with E-state index < -0.39 is 0 Å². The molecule has 4 rings (SSSR count). The maximum absolute atomic E-state index is 12.8. The van der Waals surface area contributed by atoms with Crippen molar-refractivity contribution in [3.8, 4) is 5.75 Å². The number of nitrogens with zero attached hydrogens (tertiary/aromatic N) is 2. The number of para-hydroxylation sites is 1. The molecule has 1 heterocycles. The van der Waals surface area contributed by atoms with E-state index in [9.17, 15) is 4.79 Å². The highest BCUT2D eigenvalue weighted by Gasteiger charge is 2.25. The van der Waals surface area contributed by atoms with E-state index >= 15 is 0 Å². The van der Waals surface area contributed by atoms with Crippen LogP contribution >= 0.6 is 0 Å². The lowest BCUT2D eigenvalue weighted by Crippen LogP contribution is -2.52. The average Bonchev–Trinajstić information content (AvgIpc) is 2.84. The molecule has 1 atom stereocenters. The summed E-state index contributed by atoms with van der Waals surface area (Å²) in [6.45, 7) is 6.10. The van der Waals surface area contributed by atoms with E-state index in [4.69, 9.17) is 4.74 Å². The van der Waals surface area contributed by atoms with Gasteiger partial charge in [-0.25, -0.2) is 0 Å². The second-order valence-electron chi connectivity index (χ2n) is 7.82. The van der Waals surface area contributed by atoms with E-state index in [1.807, 2.05) is 67.6 Å². The Balaban J connectivity index is 1.25. The van der Waals surface area contributed by atoms with E-state index in [1.54, 1.807) is 0 Å². The second-order valence-corrected chi connectivity index (χ2v) is 7.82. The molecule has 0 aliphatic carbocycles. The molecule has 160 valence electrons. The molecule has 0 aromatic heterocycles. The lowest BCUT2D eigenvalue weighted by molar-refractivity contribution is -0.120. The number of nitrogens with one attached hydrogen (secondary N) is 1. The van der Waals surface area contributed by atoms with E-state index in [0.29, 0.717) is 6.61 Å². The van der Waals surface area contributed by atoms with Gasteiger partial charge in [0.15, 0.2) is 0 Å². The van der Waals surface area contributed by atoms with E-state index in [1.165, 1.54) is 5.69 Å². The van der Waals surface area contributed by atoms with Gasteiger partial charge < -0.3 is 15.0 Å². The number of piperazine rings is 1. The fourth-order valence-corrected chi connectivity index (χ4v) is 3.79. The van der Waals surface area contributed by atoms with Crippen LogP contribution in [0.5, 0.6) is 5.75 Å². The summed E-state index contributed by atoms with van der Waals surface area (Å²) < 4.78 is 5.82. The first kappa shape index (κ1) is 20.9. The van der Waals surface area contributed by atoms with Crippen LogP contribution in [-0.4, -0.2) is 43.0 Å². The van der Waals surface area contributed by atoms with Crippen molar-refractivity contribution in [3.05, 3.63) is 90.5 Å². The third-order valence-electron chi connectivity index (χ3n) is 5.73. The predicted molar refractivity (Wildman–Crippen MR) is 126 cm³/mol. The minimum absolute atomic E-state index is 0.0196. The summed E-state index contributed by atoms with van der Waals surface area (Å²) in [5.74, 6) is 0.804. The molecule has 1 saturated heterocycles. The van der Waals surface area contributed by atoms with Gasteiger partial charge >= 0.3 is 0 Å². The molecule has 1 N–H and O–H groups in total. The molecule has 0 radical (unpaired) electrons. The summed E-state index contributed by atoms with van der Waals surface area (Å²) in [6.07, 6.45) is 0. The van der Waals surface area contributed by atoms with Crippen LogP contribution in [0.1, 0.15) is 12.5 Å². The first-order chi connectivity index (χ1) is 15.2. The van der Waals surface area contributed by atoms with Crippen LogP contribution < -0.4 is 15.0 Å². The number of ether oxygens (including phenoxy) is 1. The zero-order chi connectivity index (χ0) is 21.5. The smallest absolute Gasteiger partial charge is 0.241 e. The van der Waals surface area contributed by atoms with Crippen LogP contribution in [0.4, 0.5) is 11.4 Å². The van der Waals surface area contributed by atoms with Crippen molar-refractivity contribution in [1.29, 1.82) is 0 Å². The molecule has 3 aromatic rings. The van der Waals surface area contributed by atoms with Gasteiger partial charge in [-0.1, -0.05) is 48.5 Å². The molecule has 0 spiro atoms. The molecule has 5 nitrogen and oxygen atoms in total. The molecule has 0 unspecified atom stereocenters. The largest absolute Gasteiger partial charge is 0.489 e. The summed E-state index contributed by atoms with van der Waals surface area (Å²) >= 11 is 0. The Bertz CT molecular complexity index is 953. The number of amides is 1. The Kier molecular flexibility index (Phi) is 6.85. The van der Waals surface area contributed by atoms with Gasteiger partial charge in [0, 0.05) is 37.6 Å². The van der Waals surface area contributed by atoms with Crippen molar-refractivity contribution >= 4 is 17.3 Å². The molecule has 1 fully saturated rings. The number of anilines is 2. The number of hydrogen-bond acceptors (Lipinski definition) is 4. The molecule has 31 heavy (non-hydrogen) atoms. The second kappa shape index (κ2) is 10.1. The van der Waals surface area contributed by atoms with Crippen molar-refractivity contribution in [1.82, 2.24) is 4.90 Å². The van der Waals surface area contributed by atoms with E-state index in [0.717, 1.165) is 43.2 Å². The quantitative estimate of drug-likeness (QED) is 0.621. The average molecular weight is 416 g/mol. The van der Waals surface area contributed by atoms with Gasteiger partial charge in [0.25, 0.3) is 0 Å². The Morgan fingerprint density at radius 3 is 2.13 bits per heavy atom. The number of carbonyl (C=O) groups excluding carboxylic acids is 1. The first-order valence-electron chi connectivity index (χ1n) is 10.8. The summed E-state index contributed by atoms with van der Waals surface area (Å²) in [7, 11) is 0. The van der Waals surface area contributed by atoms with Crippen LogP contribution in [0.15, 0.2) is 84.9 Å². The minimum atomic E-state index is -0.174. The Labute approximate surface area is 184 Å². The maximum Gasteiger partial charge on any atom is 0.241 e. The fraction of sp³-hybridized carbons (Fsp3) is 0.269. The summed E-state index contributed by atoms with van der Waals surface area (Å²) in [5, 5.41) is 3.03. The Morgan fingerprint density at radius 2 is 1.48 bits per heavy atom. The van der Waals surface area contributed by atoms with Crippen molar-refractivity contribution < 1.29 is 9.53 Å². The zero-order valence-corrected chi connectivity index (χ0v) is 17.9. The molecule has 3 aromatic carbocycles. The van der Waals surface area contributed by atoms with Crippen LogP contribution in [0, 0.1) is 0 Å². The molecule has 5 heteroatoms. The molecule has 0 saturated carbocycles. The van der Waals surface area contributed by atoms with Gasteiger partial charge in [0.1, 0.15) is 12.4 Å². The minimum Gasteiger partial charge on any atom is -0.489 e. The highest BCUT2D eigenvalue weighted by molar-refractivity contribution is 5.94. The van der Waals surface area contributed by atoms with Gasteiger partial charge in [-0.05, 0) is 48.9 Å². The van der Waals surface area contributed by atoms with Crippen LogP contribution in [0.2, 0.25) is 0 Å².